The molecule has 3 heterocycles. The first-order chi connectivity index (χ1) is 12.9. The molecule has 2 aromatic heterocycles. The molecule has 0 spiro atoms. The lowest BCUT2D eigenvalue weighted by Crippen LogP contribution is -2.37. The van der Waals surface area contributed by atoms with Gasteiger partial charge in [-0.05, 0) is 37.3 Å². The van der Waals surface area contributed by atoms with Crippen LogP contribution in [0, 0.1) is 12.8 Å². The molecule has 3 rings (SSSR count). The molecule has 4 nitrogen and oxygen atoms in total. The first-order valence-electron chi connectivity index (χ1n) is 8.74. The minimum absolute atomic E-state index is 0.0418. The van der Waals surface area contributed by atoms with Crippen LogP contribution in [0.4, 0.5) is 0 Å². The molecular weight excluding hydrogens is 425 g/mol. The molecule has 0 N–H and O–H groups in total. The summed E-state index contributed by atoms with van der Waals surface area (Å²) < 4.78 is 0. The Morgan fingerprint density at radius 1 is 1.22 bits per heavy atom. The highest BCUT2D eigenvalue weighted by atomic mass is 35.5. The molecule has 0 aliphatic carbocycles. The minimum atomic E-state index is 0.0418. The Kier molecular flexibility index (Phi) is 6.90. The zero-order chi connectivity index (χ0) is 19.6. The fourth-order valence-corrected chi connectivity index (χ4v) is 4.85. The van der Waals surface area contributed by atoms with E-state index in [0.717, 1.165) is 31.5 Å². The number of likely N-dealkylation sites (tertiary alicyclic amines) is 1. The standard InChI is InChI=1S/C19H20Cl3N3OS/c1-11-3-5-25(6-4-11)19(26)14-7-13(8-23-9-14)10-27-17-15(20)12(2)24-18(22)16(17)21/h7-9,11H,3-6,10H2,1-2H3. The van der Waals surface area contributed by atoms with Gasteiger partial charge < -0.3 is 4.90 Å². The molecule has 8 heteroatoms. The topological polar surface area (TPSA) is 46.1 Å². The Morgan fingerprint density at radius 2 is 1.93 bits per heavy atom. The maximum absolute atomic E-state index is 12.7. The van der Waals surface area contributed by atoms with Gasteiger partial charge in [-0.3, -0.25) is 9.78 Å². The van der Waals surface area contributed by atoms with Crippen molar-refractivity contribution in [1.29, 1.82) is 0 Å². The van der Waals surface area contributed by atoms with Gasteiger partial charge in [0.2, 0.25) is 0 Å². The average molecular weight is 445 g/mol. The Bertz CT molecular complexity index is 828. The molecule has 0 bridgehead atoms. The van der Waals surface area contributed by atoms with Gasteiger partial charge in [0.1, 0.15) is 5.15 Å². The molecule has 0 unspecified atom stereocenters. The highest BCUT2D eigenvalue weighted by Crippen LogP contribution is 2.40. The predicted molar refractivity (Wildman–Crippen MR) is 112 cm³/mol. The van der Waals surface area contributed by atoms with Gasteiger partial charge in [0.05, 0.1) is 21.3 Å². The molecule has 0 saturated carbocycles. The summed E-state index contributed by atoms with van der Waals surface area (Å²) in [5.74, 6) is 1.30. The van der Waals surface area contributed by atoms with E-state index in [1.165, 1.54) is 11.8 Å². The number of pyridine rings is 2. The molecule has 27 heavy (non-hydrogen) atoms. The lowest BCUT2D eigenvalue weighted by atomic mass is 9.99. The van der Waals surface area contributed by atoms with E-state index in [9.17, 15) is 4.79 Å². The maximum Gasteiger partial charge on any atom is 0.255 e. The Labute approximate surface area is 178 Å². The van der Waals surface area contributed by atoms with Crippen LogP contribution in [-0.2, 0) is 5.75 Å². The number of aryl methyl sites for hydroxylation is 1. The normalized spacial score (nSPS) is 15.2. The van der Waals surface area contributed by atoms with E-state index >= 15 is 0 Å². The van der Waals surface area contributed by atoms with Gasteiger partial charge in [-0.2, -0.15) is 0 Å². The van der Waals surface area contributed by atoms with Gasteiger partial charge in [-0.15, -0.1) is 11.8 Å². The number of hydrogen-bond donors (Lipinski definition) is 0. The molecule has 144 valence electrons. The zero-order valence-electron chi connectivity index (χ0n) is 15.1. The molecule has 1 saturated heterocycles. The summed E-state index contributed by atoms with van der Waals surface area (Å²) in [5.41, 5.74) is 2.17. The van der Waals surface area contributed by atoms with Crippen molar-refractivity contribution >= 4 is 52.5 Å². The first-order valence-corrected chi connectivity index (χ1v) is 10.9. The van der Waals surface area contributed by atoms with E-state index in [2.05, 4.69) is 16.9 Å². The van der Waals surface area contributed by atoms with Crippen molar-refractivity contribution in [3.05, 3.63) is 50.5 Å². The maximum atomic E-state index is 12.7. The molecule has 0 radical (unpaired) electrons. The molecule has 1 amide bonds. The second-order valence-corrected chi connectivity index (χ2v) is 8.89. The van der Waals surface area contributed by atoms with Crippen LogP contribution in [0.25, 0.3) is 0 Å². The third kappa shape index (κ3) is 4.89. The molecule has 0 atom stereocenters. The minimum Gasteiger partial charge on any atom is -0.339 e. The zero-order valence-corrected chi connectivity index (χ0v) is 18.2. The lowest BCUT2D eigenvalue weighted by molar-refractivity contribution is 0.0696. The first kappa shape index (κ1) is 20.7. The van der Waals surface area contributed by atoms with Crippen LogP contribution in [0.15, 0.2) is 23.4 Å². The van der Waals surface area contributed by atoms with E-state index in [1.807, 2.05) is 11.0 Å². The van der Waals surface area contributed by atoms with Gasteiger partial charge in [0.25, 0.3) is 5.91 Å². The summed E-state index contributed by atoms with van der Waals surface area (Å²) in [4.78, 5) is 23.7. The predicted octanol–water partition coefficient (Wildman–Crippen LogP) is 5.91. The lowest BCUT2D eigenvalue weighted by Gasteiger charge is -2.30. The largest absolute Gasteiger partial charge is 0.339 e. The van der Waals surface area contributed by atoms with Crippen LogP contribution in [0.2, 0.25) is 15.2 Å². The van der Waals surface area contributed by atoms with Crippen LogP contribution >= 0.6 is 46.6 Å². The van der Waals surface area contributed by atoms with Crippen LogP contribution < -0.4 is 0 Å². The van der Waals surface area contributed by atoms with Gasteiger partial charge in [-0.1, -0.05) is 41.7 Å². The van der Waals surface area contributed by atoms with Gasteiger partial charge >= 0.3 is 0 Å². The van der Waals surface area contributed by atoms with Crippen LogP contribution in [0.1, 0.15) is 41.4 Å². The summed E-state index contributed by atoms with van der Waals surface area (Å²) >= 11 is 20.1. The van der Waals surface area contributed by atoms with Crippen molar-refractivity contribution in [3.63, 3.8) is 0 Å². The van der Waals surface area contributed by atoms with Gasteiger partial charge in [-0.25, -0.2) is 4.98 Å². The molecule has 0 aromatic carbocycles. The van der Waals surface area contributed by atoms with Crippen LogP contribution in [-0.4, -0.2) is 33.9 Å². The van der Waals surface area contributed by atoms with Crippen molar-refractivity contribution < 1.29 is 4.79 Å². The highest BCUT2D eigenvalue weighted by molar-refractivity contribution is 7.98. The molecule has 1 aliphatic heterocycles. The van der Waals surface area contributed by atoms with Gasteiger partial charge in [0, 0.05) is 36.1 Å². The number of amides is 1. The number of piperidine rings is 1. The number of thioether (sulfide) groups is 1. The summed E-state index contributed by atoms with van der Waals surface area (Å²) in [7, 11) is 0. The van der Waals surface area contributed by atoms with E-state index < -0.39 is 0 Å². The quantitative estimate of drug-likeness (QED) is 0.434. The second kappa shape index (κ2) is 8.99. The van der Waals surface area contributed by atoms with Crippen molar-refractivity contribution in [2.24, 2.45) is 5.92 Å². The fourth-order valence-electron chi connectivity index (χ4n) is 2.96. The third-order valence-corrected chi connectivity index (χ3v) is 7.26. The highest BCUT2D eigenvalue weighted by Gasteiger charge is 2.22. The van der Waals surface area contributed by atoms with E-state index in [1.54, 1.807) is 19.3 Å². The van der Waals surface area contributed by atoms with Crippen LogP contribution in [0.5, 0.6) is 0 Å². The van der Waals surface area contributed by atoms with Gasteiger partial charge in [0.15, 0.2) is 0 Å². The third-order valence-electron chi connectivity index (χ3n) is 4.66. The summed E-state index contributed by atoms with van der Waals surface area (Å²) in [6.45, 7) is 5.62. The number of aromatic nitrogens is 2. The average Bonchev–Trinajstić information content (AvgIpc) is 2.67. The summed E-state index contributed by atoms with van der Waals surface area (Å²) in [5, 5.41) is 1.08. The number of nitrogens with zero attached hydrogens (tertiary/aromatic N) is 3. The molecule has 2 aromatic rings. The smallest absolute Gasteiger partial charge is 0.255 e. The van der Waals surface area contributed by atoms with Crippen molar-refractivity contribution in [3.8, 4) is 0 Å². The van der Waals surface area contributed by atoms with Crippen molar-refractivity contribution in [2.45, 2.75) is 37.3 Å². The molecule has 1 fully saturated rings. The summed E-state index contributed by atoms with van der Waals surface area (Å²) in [6.07, 6.45) is 5.48. The van der Waals surface area contributed by atoms with Crippen LogP contribution in [0.3, 0.4) is 0 Å². The second-order valence-electron chi connectivity index (χ2n) is 6.79. The van der Waals surface area contributed by atoms with E-state index in [0.29, 0.717) is 37.9 Å². The Balaban J connectivity index is 1.73. The van der Waals surface area contributed by atoms with E-state index in [4.69, 9.17) is 34.8 Å². The molecule has 1 aliphatic rings. The van der Waals surface area contributed by atoms with E-state index in [-0.39, 0.29) is 11.1 Å². The molecular formula is C19H20Cl3N3OS. The summed E-state index contributed by atoms with van der Waals surface area (Å²) in [6, 6.07) is 1.89. The fraction of sp³-hybridized carbons (Fsp3) is 0.421. The number of rotatable bonds is 4. The number of halogens is 3. The number of hydrogen-bond acceptors (Lipinski definition) is 4. The SMILES string of the molecule is Cc1nc(Cl)c(Cl)c(SCc2cncc(C(=O)N3CCC(C)CC3)c2)c1Cl. The van der Waals surface area contributed by atoms with Crippen molar-refractivity contribution in [2.75, 3.05) is 13.1 Å². The number of carbonyl (C=O) groups is 1. The number of carbonyl (C=O) groups excluding carboxylic acids is 1. The van der Waals surface area contributed by atoms with Crippen molar-refractivity contribution in [1.82, 2.24) is 14.9 Å². The Hall–Kier alpha value is -1.01. The Morgan fingerprint density at radius 3 is 2.63 bits per heavy atom. The monoisotopic (exact) mass is 443 g/mol.